The zero-order valence-electron chi connectivity index (χ0n) is 17.9. The Morgan fingerprint density at radius 3 is 2.84 bits per heavy atom. The molecular weight excluding hydrogens is 398 g/mol. The van der Waals surface area contributed by atoms with Crippen molar-refractivity contribution in [1.29, 1.82) is 0 Å². The van der Waals surface area contributed by atoms with Crippen molar-refractivity contribution in [3.63, 3.8) is 0 Å². The Kier molecular flexibility index (Phi) is 6.69. The van der Waals surface area contributed by atoms with Crippen LogP contribution in [0.15, 0.2) is 28.8 Å². The molecule has 2 aliphatic heterocycles. The number of rotatable bonds is 8. The summed E-state index contributed by atoms with van der Waals surface area (Å²) in [6.07, 6.45) is 4.11. The minimum atomic E-state index is -0.112. The molecule has 0 saturated carbocycles. The van der Waals surface area contributed by atoms with Crippen LogP contribution in [0.4, 0.5) is 6.01 Å². The zero-order valence-corrected chi connectivity index (χ0v) is 17.9. The van der Waals surface area contributed by atoms with Crippen LogP contribution < -0.4 is 15.0 Å². The zero-order chi connectivity index (χ0) is 21.6. The summed E-state index contributed by atoms with van der Waals surface area (Å²) >= 11 is 0. The number of carbonyl (C=O) groups excluding carboxylic acids is 2. The van der Waals surface area contributed by atoms with Gasteiger partial charge in [0, 0.05) is 44.7 Å². The second kappa shape index (κ2) is 9.80. The molecule has 2 saturated heterocycles. The molecule has 2 fully saturated rings. The lowest BCUT2D eigenvalue weighted by Gasteiger charge is -2.30. The molecule has 2 aromatic rings. The van der Waals surface area contributed by atoms with Crippen molar-refractivity contribution in [3.05, 3.63) is 24.3 Å². The predicted molar refractivity (Wildman–Crippen MR) is 115 cm³/mol. The summed E-state index contributed by atoms with van der Waals surface area (Å²) < 4.78 is 10.7. The predicted octanol–water partition coefficient (Wildman–Crippen LogP) is 2.09. The maximum absolute atomic E-state index is 12.6. The van der Waals surface area contributed by atoms with E-state index in [0.29, 0.717) is 37.9 Å². The molecule has 2 amide bonds. The first-order chi connectivity index (χ1) is 15.1. The summed E-state index contributed by atoms with van der Waals surface area (Å²) in [6, 6.07) is 7.92. The number of amides is 2. The van der Waals surface area contributed by atoms with Crippen LogP contribution in [0.1, 0.15) is 32.1 Å². The molecule has 0 radical (unpaired) electrons. The number of aromatic nitrogens is 2. The van der Waals surface area contributed by atoms with Crippen LogP contribution in [0.25, 0.3) is 11.4 Å². The number of hydrogen-bond donors (Lipinski definition) is 1. The molecule has 1 N–H and O–H groups in total. The van der Waals surface area contributed by atoms with Gasteiger partial charge in [-0.15, -0.1) is 0 Å². The van der Waals surface area contributed by atoms with E-state index in [-0.39, 0.29) is 17.7 Å². The second-order valence-electron chi connectivity index (χ2n) is 8.04. The van der Waals surface area contributed by atoms with E-state index in [1.807, 2.05) is 34.1 Å². The normalized spacial score (nSPS) is 19.0. The van der Waals surface area contributed by atoms with Crippen molar-refractivity contribution in [3.8, 4) is 17.1 Å². The first-order valence-electron chi connectivity index (χ1n) is 10.9. The molecule has 3 heterocycles. The Bertz CT molecular complexity index is 898. The summed E-state index contributed by atoms with van der Waals surface area (Å²) in [5.74, 6) is 1.44. The van der Waals surface area contributed by atoms with Crippen molar-refractivity contribution in [2.24, 2.45) is 5.92 Å². The Balaban J connectivity index is 1.27. The lowest BCUT2D eigenvalue weighted by atomic mass is 9.97. The Morgan fingerprint density at radius 1 is 1.26 bits per heavy atom. The van der Waals surface area contributed by atoms with Crippen LogP contribution in [-0.2, 0) is 9.59 Å². The molecule has 9 heteroatoms. The van der Waals surface area contributed by atoms with E-state index in [0.717, 1.165) is 50.1 Å². The number of anilines is 1. The Morgan fingerprint density at radius 2 is 2.10 bits per heavy atom. The SMILES string of the molecule is COc1ccc(-c2noc(N3CCCC(C(=O)NCCCN4CCCC4=O)C3)n2)cc1. The van der Waals surface area contributed by atoms with Crippen molar-refractivity contribution in [2.75, 3.05) is 44.7 Å². The quantitative estimate of drug-likeness (QED) is 0.644. The molecule has 31 heavy (non-hydrogen) atoms. The van der Waals surface area contributed by atoms with Gasteiger partial charge in [-0.3, -0.25) is 9.59 Å². The first kappa shape index (κ1) is 21.1. The van der Waals surface area contributed by atoms with Gasteiger partial charge in [0.15, 0.2) is 0 Å². The number of likely N-dealkylation sites (tertiary alicyclic amines) is 1. The minimum Gasteiger partial charge on any atom is -0.497 e. The van der Waals surface area contributed by atoms with Crippen LogP contribution in [0, 0.1) is 5.92 Å². The minimum absolute atomic E-state index is 0.0485. The number of hydrogen-bond acceptors (Lipinski definition) is 7. The topological polar surface area (TPSA) is 101 Å². The van der Waals surface area contributed by atoms with Crippen LogP contribution in [0.2, 0.25) is 0 Å². The van der Waals surface area contributed by atoms with Crippen LogP contribution in [0.3, 0.4) is 0 Å². The standard InChI is InChI=1S/C22H29N5O4/c1-30-18-9-7-16(8-10-18)20-24-22(31-25-20)27-13-2-5-17(15-27)21(29)23-11-4-14-26-12-3-6-19(26)28/h7-10,17H,2-6,11-15H2,1H3,(H,23,29). The van der Waals surface area contributed by atoms with Crippen molar-refractivity contribution in [2.45, 2.75) is 32.1 Å². The van der Waals surface area contributed by atoms with Gasteiger partial charge in [0.25, 0.3) is 0 Å². The fraction of sp³-hybridized carbons (Fsp3) is 0.545. The summed E-state index contributed by atoms with van der Waals surface area (Å²) in [6.45, 7) is 3.48. The maximum Gasteiger partial charge on any atom is 0.324 e. The highest BCUT2D eigenvalue weighted by molar-refractivity contribution is 5.79. The Labute approximate surface area is 181 Å². The van der Waals surface area contributed by atoms with Gasteiger partial charge in [-0.05, 0) is 49.9 Å². The van der Waals surface area contributed by atoms with Crippen molar-refractivity contribution < 1.29 is 18.8 Å². The van der Waals surface area contributed by atoms with E-state index in [2.05, 4.69) is 15.5 Å². The molecule has 0 bridgehead atoms. The van der Waals surface area contributed by atoms with Gasteiger partial charge in [0.2, 0.25) is 17.6 Å². The fourth-order valence-electron chi connectivity index (χ4n) is 4.13. The largest absolute Gasteiger partial charge is 0.497 e. The Hall–Kier alpha value is -3.10. The van der Waals surface area contributed by atoms with Crippen molar-refractivity contribution in [1.82, 2.24) is 20.4 Å². The molecule has 2 aliphatic rings. The summed E-state index contributed by atoms with van der Waals surface area (Å²) in [4.78, 5) is 32.7. The highest BCUT2D eigenvalue weighted by Gasteiger charge is 2.28. The highest BCUT2D eigenvalue weighted by Crippen LogP contribution is 2.26. The summed E-state index contributed by atoms with van der Waals surface area (Å²) in [7, 11) is 1.62. The number of ether oxygens (including phenoxy) is 1. The van der Waals surface area contributed by atoms with E-state index in [1.54, 1.807) is 7.11 Å². The van der Waals surface area contributed by atoms with E-state index in [1.165, 1.54) is 0 Å². The van der Waals surface area contributed by atoms with E-state index in [4.69, 9.17) is 9.26 Å². The maximum atomic E-state index is 12.6. The molecular formula is C22H29N5O4. The third-order valence-electron chi connectivity index (χ3n) is 5.90. The van der Waals surface area contributed by atoms with E-state index in [9.17, 15) is 9.59 Å². The molecule has 0 spiro atoms. The molecule has 166 valence electrons. The number of methoxy groups -OCH3 is 1. The van der Waals surface area contributed by atoms with Gasteiger partial charge in [-0.25, -0.2) is 0 Å². The summed E-state index contributed by atoms with van der Waals surface area (Å²) in [5, 5.41) is 7.11. The molecule has 1 atom stereocenters. The van der Waals surface area contributed by atoms with Gasteiger partial charge in [0.05, 0.1) is 13.0 Å². The molecule has 0 aliphatic carbocycles. The smallest absolute Gasteiger partial charge is 0.324 e. The number of benzene rings is 1. The molecule has 1 aromatic carbocycles. The third kappa shape index (κ3) is 5.15. The average Bonchev–Trinajstić information content (AvgIpc) is 3.46. The highest BCUT2D eigenvalue weighted by atomic mass is 16.5. The molecule has 1 unspecified atom stereocenters. The molecule has 9 nitrogen and oxygen atoms in total. The van der Waals surface area contributed by atoms with Gasteiger partial charge >= 0.3 is 6.01 Å². The number of piperidine rings is 1. The lowest BCUT2D eigenvalue weighted by Crippen LogP contribution is -2.43. The van der Waals surface area contributed by atoms with E-state index >= 15 is 0 Å². The fourth-order valence-corrected chi connectivity index (χ4v) is 4.13. The average molecular weight is 428 g/mol. The van der Waals surface area contributed by atoms with Crippen molar-refractivity contribution >= 4 is 17.8 Å². The van der Waals surface area contributed by atoms with E-state index < -0.39 is 0 Å². The van der Waals surface area contributed by atoms with Crippen LogP contribution in [-0.4, -0.2) is 66.7 Å². The monoisotopic (exact) mass is 427 g/mol. The number of carbonyl (C=O) groups is 2. The van der Waals surface area contributed by atoms with Crippen LogP contribution in [0.5, 0.6) is 5.75 Å². The third-order valence-corrected chi connectivity index (χ3v) is 5.90. The first-order valence-corrected chi connectivity index (χ1v) is 10.9. The van der Waals surface area contributed by atoms with Gasteiger partial charge in [-0.1, -0.05) is 5.16 Å². The molecule has 4 rings (SSSR count). The summed E-state index contributed by atoms with van der Waals surface area (Å²) in [5.41, 5.74) is 0.846. The molecule has 1 aromatic heterocycles. The second-order valence-corrected chi connectivity index (χ2v) is 8.04. The number of nitrogens with zero attached hydrogens (tertiary/aromatic N) is 4. The lowest BCUT2D eigenvalue weighted by molar-refractivity contribution is -0.127. The van der Waals surface area contributed by atoms with Gasteiger partial charge in [0.1, 0.15) is 5.75 Å². The van der Waals surface area contributed by atoms with Gasteiger partial charge < -0.3 is 24.4 Å². The van der Waals surface area contributed by atoms with Gasteiger partial charge in [-0.2, -0.15) is 4.98 Å². The van der Waals surface area contributed by atoms with Crippen LogP contribution >= 0.6 is 0 Å². The number of nitrogens with one attached hydrogen (secondary N) is 1.